The minimum atomic E-state index is -3.94. The van der Waals surface area contributed by atoms with Gasteiger partial charge in [-0.2, -0.15) is 0 Å². The van der Waals surface area contributed by atoms with E-state index < -0.39 is 9.05 Å². The van der Waals surface area contributed by atoms with Gasteiger partial charge in [0.15, 0.2) is 5.03 Å². The highest BCUT2D eigenvalue weighted by atomic mass is 35.7. The van der Waals surface area contributed by atoms with E-state index in [1.165, 1.54) is 13.0 Å². The predicted octanol–water partition coefficient (Wildman–Crippen LogP) is 2.83. The fraction of sp³-hybridized carbons (Fsp3) is 0.188. The molecule has 3 rings (SSSR count). The number of aryl methyl sites for hydroxylation is 2. The van der Waals surface area contributed by atoms with E-state index in [1.54, 1.807) is 25.3 Å². The summed E-state index contributed by atoms with van der Waals surface area (Å²) in [6.07, 6.45) is 3.47. The number of fused-ring (bicyclic) bond motifs is 1. The van der Waals surface area contributed by atoms with Crippen LogP contribution in [-0.2, 0) is 20.9 Å². The summed E-state index contributed by atoms with van der Waals surface area (Å²) in [4.78, 5) is 19.6. The molecule has 9 heteroatoms. The summed E-state index contributed by atoms with van der Waals surface area (Å²) >= 11 is 0. The Bertz CT molecular complexity index is 1110. The second-order valence-corrected chi connectivity index (χ2v) is 8.24. The Morgan fingerprint density at radius 1 is 1.28 bits per heavy atom. The van der Waals surface area contributed by atoms with Crippen LogP contribution in [0.4, 0.5) is 5.82 Å². The molecule has 0 fully saturated rings. The average Bonchev–Trinajstić information content (AvgIpc) is 2.82. The second kappa shape index (κ2) is 6.12. The zero-order valence-electron chi connectivity index (χ0n) is 13.7. The van der Waals surface area contributed by atoms with Crippen molar-refractivity contribution in [3.05, 3.63) is 36.2 Å². The van der Waals surface area contributed by atoms with Crippen LogP contribution in [0.2, 0.25) is 0 Å². The molecule has 0 spiro atoms. The zero-order valence-corrected chi connectivity index (χ0v) is 15.3. The van der Waals surface area contributed by atoms with E-state index in [-0.39, 0.29) is 10.9 Å². The van der Waals surface area contributed by atoms with Crippen molar-refractivity contribution in [2.75, 3.05) is 5.32 Å². The Labute approximate surface area is 149 Å². The summed E-state index contributed by atoms with van der Waals surface area (Å²) in [7, 11) is 3.35. The number of rotatable bonds is 3. The first-order valence-corrected chi connectivity index (χ1v) is 9.62. The van der Waals surface area contributed by atoms with E-state index in [0.717, 1.165) is 22.0 Å². The zero-order chi connectivity index (χ0) is 18.4. The molecule has 0 aromatic carbocycles. The van der Waals surface area contributed by atoms with Crippen LogP contribution in [0.5, 0.6) is 0 Å². The fourth-order valence-electron chi connectivity index (χ4n) is 2.63. The van der Waals surface area contributed by atoms with Crippen molar-refractivity contribution in [1.82, 2.24) is 14.5 Å². The van der Waals surface area contributed by atoms with Gasteiger partial charge in [0.2, 0.25) is 5.91 Å². The largest absolute Gasteiger partial charge is 0.349 e. The lowest BCUT2D eigenvalue weighted by Gasteiger charge is -2.05. The third-order valence-electron chi connectivity index (χ3n) is 3.65. The van der Waals surface area contributed by atoms with E-state index in [1.807, 2.05) is 17.8 Å². The van der Waals surface area contributed by atoms with Crippen molar-refractivity contribution in [3.63, 3.8) is 0 Å². The fourth-order valence-corrected chi connectivity index (χ4v) is 3.40. The Morgan fingerprint density at radius 3 is 2.64 bits per heavy atom. The Hall–Kier alpha value is -2.45. The maximum atomic E-state index is 11.7. The molecule has 1 amide bonds. The molecular formula is C16H15ClN4O3S. The minimum absolute atomic E-state index is 0.197. The number of carbonyl (C=O) groups excluding carboxylic acids is 1. The van der Waals surface area contributed by atoms with Crippen LogP contribution in [0, 0.1) is 6.92 Å². The summed E-state index contributed by atoms with van der Waals surface area (Å²) < 4.78 is 25.2. The lowest BCUT2D eigenvalue weighted by molar-refractivity contribution is -0.114. The van der Waals surface area contributed by atoms with Gasteiger partial charge in [-0.25, -0.2) is 18.4 Å². The highest BCUT2D eigenvalue weighted by molar-refractivity contribution is 8.13. The standard InChI is InChI=1S/C16H15ClN4O3S/c1-9-4-13(20-16(5-9)25(17,23)24)12-8-21(3)14-7-18-15(6-11(12)14)19-10(2)22/h4-8H,1-3H3,(H,18,19,22). The van der Waals surface area contributed by atoms with Gasteiger partial charge in [-0.3, -0.25) is 4.79 Å². The van der Waals surface area contributed by atoms with Crippen LogP contribution in [-0.4, -0.2) is 28.9 Å². The third-order valence-corrected chi connectivity index (χ3v) is 4.83. The summed E-state index contributed by atoms with van der Waals surface area (Å²) in [5, 5.41) is 3.23. The minimum Gasteiger partial charge on any atom is -0.349 e. The van der Waals surface area contributed by atoms with Crippen LogP contribution < -0.4 is 5.32 Å². The summed E-state index contributed by atoms with van der Waals surface area (Å²) in [5.41, 5.74) is 2.74. The van der Waals surface area contributed by atoms with Gasteiger partial charge in [0.1, 0.15) is 5.82 Å². The third kappa shape index (κ3) is 3.49. The predicted molar refractivity (Wildman–Crippen MR) is 96.0 cm³/mol. The Morgan fingerprint density at radius 2 is 2.00 bits per heavy atom. The lowest BCUT2D eigenvalue weighted by atomic mass is 10.1. The van der Waals surface area contributed by atoms with E-state index in [0.29, 0.717) is 11.5 Å². The van der Waals surface area contributed by atoms with Crippen LogP contribution in [0.1, 0.15) is 12.5 Å². The molecule has 3 aromatic heterocycles. The van der Waals surface area contributed by atoms with Gasteiger partial charge >= 0.3 is 0 Å². The first-order valence-electron chi connectivity index (χ1n) is 7.31. The highest BCUT2D eigenvalue weighted by Gasteiger charge is 2.17. The monoisotopic (exact) mass is 378 g/mol. The average molecular weight is 379 g/mol. The molecule has 1 N–H and O–H groups in total. The van der Waals surface area contributed by atoms with Gasteiger partial charge in [-0.05, 0) is 30.7 Å². The van der Waals surface area contributed by atoms with Crippen molar-refractivity contribution in [1.29, 1.82) is 0 Å². The van der Waals surface area contributed by atoms with Crippen LogP contribution in [0.15, 0.2) is 35.6 Å². The second-order valence-electron chi connectivity index (χ2n) is 5.73. The van der Waals surface area contributed by atoms with Crippen molar-refractivity contribution >= 4 is 42.4 Å². The van der Waals surface area contributed by atoms with E-state index in [4.69, 9.17) is 10.7 Å². The number of anilines is 1. The maximum absolute atomic E-state index is 11.7. The molecule has 7 nitrogen and oxygen atoms in total. The molecule has 0 aliphatic heterocycles. The van der Waals surface area contributed by atoms with E-state index >= 15 is 0 Å². The molecule has 0 aliphatic carbocycles. The molecule has 0 radical (unpaired) electrons. The number of aromatic nitrogens is 3. The molecule has 0 bridgehead atoms. The number of carbonyl (C=O) groups is 1. The molecular weight excluding hydrogens is 364 g/mol. The quantitative estimate of drug-likeness (QED) is 0.707. The van der Waals surface area contributed by atoms with Crippen molar-refractivity contribution in [2.45, 2.75) is 18.9 Å². The normalized spacial score (nSPS) is 11.7. The van der Waals surface area contributed by atoms with Crippen LogP contribution >= 0.6 is 10.7 Å². The molecule has 3 aromatic rings. The molecule has 0 saturated heterocycles. The smallest absolute Gasteiger partial charge is 0.278 e. The van der Waals surface area contributed by atoms with Gasteiger partial charge in [0.05, 0.1) is 17.4 Å². The number of nitrogens with zero attached hydrogens (tertiary/aromatic N) is 3. The van der Waals surface area contributed by atoms with Gasteiger partial charge in [-0.15, -0.1) is 0 Å². The molecule has 130 valence electrons. The lowest BCUT2D eigenvalue weighted by Crippen LogP contribution is -2.07. The SMILES string of the molecule is CC(=O)Nc1cc2c(-c3cc(C)cc(S(=O)(=O)Cl)n3)cn(C)c2cn1. The molecule has 0 aliphatic rings. The number of hydrogen-bond donors (Lipinski definition) is 1. The Kier molecular flexibility index (Phi) is 4.26. The molecule has 0 atom stereocenters. The Balaban J connectivity index is 2.25. The number of nitrogens with one attached hydrogen (secondary N) is 1. The number of halogens is 1. The van der Waals surface area contributed by atoms with Crippen LogP contribution in [0.25, 0.3) is 22.2 Å². The van der Waals surface area contributed by atoms with Crippen molar-refractivity contribution < 1.29 is 13.2 Å². The molecule has 0 unspecified atom stereocenters. The summed E-state index contributed by atoms with van der Waals surface area (Å²) in [5.74, 6) is 0.179. The van der Waals surface area contributed by atoms with Gasteiger partial charge in [0, 0.05) is 41.8 Å². The van der Waals surface area contributed by atoms with Gasteiger partial charge < -0.3 is 9.88 Å². The molecule has 25 heavy (non-hydrogen) atoms. The molecule has 3 heterocycles. The maximum Gasteiger partial charge on any atom is 0.278 e. The van der Waals surface area contributed by atoms with E-state index in [9.17, 15) is 13.2 Å². The molecule has 0 saturated carbocycles. The number of pyridine rings is 2. The first kappa shape index (κ1) is 17.4. The number of amides is 1. The topological polar surface area (TPSA) is 94.0 Å². The summed E-state index contributed by atoms with van der Waals surface area (Å²) in [6.45, 7) is 3.17. The number of hydrogen-bond acceptors (Lipinski definition) is 5. The summed E-state index contributed by atoms with van der Waals surface area (Å²) in [6, 6.07) is 4.92. The van der Waals surface area contributed by atoms with Crippen molar-refractivity contribution in [3.8, 4) is 11.3 Å². The van der Waals surface area contributed by atoms with Crippen molar-refractivity contribution in [2.24, 2.45) is 7.05 Å². The van der Waals surface area contributed by atoms with Crippen LogP contribution in [0.3, 0.4) is 0 Å². The van der Waals surface area contributed by atoms with E-state index in [2.05, 4.69) is 15.3 Å². The highest BCUT2D eigenvalue weighted by Crippen LogP contribution is 2.31. The van der Waals surface area contributed by atoms with Gasteiger partial charge in [0.25, 0.3) is 9.05 Å². The first-order chi connectivity index (χ1) is 11.6. The van der Waals surface area contributed by atoms with Gasteiger partial charge in [-0.1, -0.05) is 0 Å².